The van der Waals surface area contributed by atoms with Crippen molar-refractivity contribution in [3.8, 4) is 0 Å². The first-order chi connectivity index (χ1) is 6.42. The minimum atomic E-state index is 0.220. The summed E-state index contributed by atoms with van der Waals surface area (Å²) in [7, 11) is 0. The first-order valence-electron chi connectivity index (χ1n) is 5.17. The van der Waals surface area contributed by atoms with Gasteiger partial charge in [-0.25, -0.2) is 0 Å². The van der Waals surface area contributed by atoms with Crippen LogP contribution in [-0.4, -0.2) is 10.9 Å². The molecule has 0 fully saturated rings. The van der Waals surface area contributed by atoms with Gasteiger partial charge in [0.1, 0.15) is 0 Å². The van der Waals surface area contributed by atoms with Crippen LogP contribution in [0.25, 0.3) is 0 Å². The zero-order valence-corrected chi connectivity index (χ0v) is 10.8. The molecule has 0 saturated heterocycles. The zero-order valence-electron chi connectivity index (χ0n) is 9.96. The molecule has 0 aromatic carbocycles. The molecule has 0 heterocycles. The predicted octanol–water partition coefficient (Wildman–Crippen LogP) is 3.89. The van der Waals surface area contributed by atoms with E-state index in [1.807, 2.05) is 6.92 Å². The Morgan fingerprint density at radius 3 is 2.43 bits per heavy atom. The predicted molar refractivity (Wildman–Crippen MR) is 65.5 cm³/mol. The molecule has 0 spiro atoms. The number of rotatable bonds is 5. The number of carbonyl (C=O) groups excluding carboxylic acids is 1. The van der Waals surface area contributed by atoms with Crippen LogP contribution in [0.5, 0.6) is 0 Å². The first-order valence-corrected chi connectivity index (χ1v) is 6.15. The molecule has 0 N–H and O–H groups in total. The van der Waals surface area contributed by atoms with E-state index in [9.17, 15) is 4.79 Å². The molecule has 0 bridgehead atoms. The van der Waals surface area contributed by atoms with Crippen LogP contribution >= 0.6 is 11.8 Å². The third kappa shape index (κ3) is 4.85. The van der Waals surface area contributed by atoms with Gasteiger partial charge in [0.15, 0.2) is 5.12 Å². The largest absolute Gasteiger partial charge is 0.288 e. The standard InChI is InChI=1S/C12H22OS/c1-6-7-8-12(5,10(2)3)9-14-11(4)13/h6-7,10H,8-9H2,1-5H3/b7-6+. The van der Waals surface area contributed by atoms with Gasteiger partial charge in [-0.05, 0) is 24.7 Å². The Balaban J connectivity index is 4.31. The molecule has 1 unspecified atom stereocenters. The quantitative estimate of drug-likeness (QED) is 0.646. The van der Waals surface area contributed by atoms with Crippen molar-refractivity contribution in [2.24, 2.45) is 11.3 Å². The number of hydrogen-bond acceptors (Lipinski definition) is 2. The maximum absolute atomic E-state index is 10.9. The van der Waals surface area contributed by atoms with Crippen LogP contribution in [0.15, 0.2) is 12.2 Å². The van der Waals surface area contributed by atoms with Crippen molar-refractivity contribution in [1.29, 1.82) is 0 Å². The first kappa shape index (κ1) is 13.8. The van der Waals surface area contributed by atoms with E-state index in [-0.39, 0.29) is 10.5 Å². The van der Waals surface area contributed by atoms with E-state index in [4.69, 9.17) is 0 Å². The highest BCUT2D eigenvalue weighted by molar-refractivity contribution is 8.13. The van der Waals surface area contributed by atoms with Crippen LogP contribution in [-0.2, 0) is 4.79 Å². The van der Waals surface area contributed by atoms with Gasteiger partial charge < -0.3 is 0 Å². The number of allylic oxidation sites excluding steroid dienone is 2. The molecule has 14 heavy (non-hydrogen) atoms. The van der Waals surface area contributed by atoms with E-state index >= 15 is 0 Å². The second-order valence-electron chi connectivity index (χ2n) is 4.36. The lowest BCUT2D eigenvalue weighted by Gasteiger charge is -2.32. The van der Waals surface area contributed by atoms with Crippen LogP contribution < -0.4 is 0 Å². The number of hydrogen-bond donors (Lipinski definition) is 0. The summed E-state index contributed by atoms with van der Waals surface area (Å²) in [5.41, 5.74) is 0.239. The fourth-order valence-corrected chi connectivity index (χ4v) is 2.10. The Morgan fingerprint density at radius 2 is 2.07 bits per heavy atom. The zero-order chi connectivity index (χ0) is 11.2. The van der Waals surface area contributed by atoms with Crippen LogP contribution in [0.3, 0.4) is 0 Å². The van der Waals surface area contributed by atoms with Gasteiger partial charge in [-0.2, -0.15) is 0 Å². The smallest absolute Gasteiger partial charge is 0.185 e. The molecule has 0 aromatic heterocycles. The van der Waals surface area contributed by atoms with E-state index < -0.39 is 0 Å². The maximum Gasteiger partial charge on any atom is 0.185 e. The Morgan fingerprint density at radius 1 is 1.50 bits per heavy atom. The van der Waals surface area contributed by atoms with Crippen molar-refractivity contribution < 1.29 is 4.79 Å². The van der Waals surface area contributed by atoms with Gasteiger partial charge in [-0.3, -0.25) is 4.79 Å². The van der Waals surface area contributed by atoms with Crippen LogP contribution in [0, 0.1) is 11.3 Å². The van der Waals surface area contributed by atoms with Crippen molar-refractivity contribution in [1.82, 2.24) is 0 Å². The SMILES string of the molecule is C/C=C/CC(C)(CSC(C)=O)C(C)C. The summed E-state index contributed by atoms with van der Waals surface area (Å²) < 4.78 is 0. The average molecular weight is 214 g/mol. The maximum atomic E-state index is 10.9. The average Bonchev–Trinajstić information content (AvgIpc) is 2.11. The molecule has 82 valence electrons. The lowest BCUT2D eigenvalue weighted by Crippen LogP contribution is -2.26. The number of carbonyl (C=O) groups is 1. The Bertz CT molecular complexity index is 208. The van der Waals surface area contributed by atoms with Crippen molar-refractivity contribution in [3.63, 3.8) is 0 Å². The van der Waals surface area contributed by atoms with Crippen LogP contribution in [0.4, 0.5) is 0 Å². The van der Waals surface area contributed by atoms with E-state index in [0.29, 0.717) is 5.92 Å². The van der Waals surface area contributed by atoms with Gasteiger partial charge in [0.25, 0.3) is 0 Å². The molecule has 0 radical (unpaired) electrons. The summed E-state index contributed by atoms with van der Waals surface area (Å²) in [6.45, 7) is 10.4. The summed E-state index contributed by atoms with van der Waals surface area (Å²) in [6, 6.07) is 0. The monoisotopic (exact) mass is 214 g/mol. The molecule has 0 saturated carbocycles. The van der Waals surface area contributed by atoms with Gasteiger partial charge in [0, 0.05) is 12.7 Å². The molecule has 0 aliphatic heterocycles. The molecule has 0 aliphatic carbocycles. The van der Waals surface area contributed by atoms with Gasteiger partial charge in [0.05, 0.1) is 0 Å². The van der Waals surface area contributed by atoms with E-state index in [1.165, 1.54) is 11.8 Å². The minimum absolute atomic E-state index is 0.220. The lowest BCUT2D eigenvalue weighted by atomic mass is 9.78. The molecule has 0 rings (SSSR count). The molecule has 0 amide bonds. The van der Waals surface area contributed by atoms with Crippen molar-refractivity contribution in [3.05, 3.63) is 12.2 Å². The summed E-state index contributed by atoms with van der Waals surface area (Å²) in [5, 5.41) is 0.220. The van der Waals surface area contributed by atoms with Crippen LogP contribution in [0.1, 0.15) is 41.0 Å². The van der Waals surface area contributed by atoms with E-state index in [2.05, 4.69) is 32.9 Å². The van der Waals surface area contributed by atoms with Crippen LogP contribution in [0.2, 0.25) is 0 Å². The molecular formula is C12H22OS. The topological polar surface area (TPSA) is 17.1 Å². The summed E-state index contributed by atoms with van der Waals surface area (Å²) in [5.74, 6) is 1.52. The summed E-state index contributed by atoms with van der Waals surface area (Å²) in [4.78, 5) is 10.9. The fraction of sp³-hybridized carbons (Fsp3) is 0.750. The molecule has 1 nitrogen and oxygen atoms in total. The third-order valence-electron chi connectivity index (χ3n) is 2.82. The fourth-order valence-electron chi connectivity index (χ4n) is 1.11. The number of thioether (sulfide) groups is 1. The van der Waals surface area contributed by atoms with Crippen molar-refractivity contribution >= 4 is 16.9 Å². The molecular weight excluding hydrogens is 192 g/mol. The highest BCUT2D eigenvalue weighted by Gasteiger charge is 2.27. The van der Waals surface area contributed by atoms with E-state index in [1.54, 1.807) is 6.92 Å². The van der Waals surface area contributed by atoms with Crippen molar-refractivity contribution in [2.45, 2.75) is 41.0 Å². The lowest BCUT2D eigenvalue weighted by molar-refractivity contribution is -0.109. The second-order valence-corrected chi connectivity index (χ2v) is 5.51. The Labute approximate surface area is 92.3 Å². The van der Waals surface area contributed by atoms with Gasteiger partial charge in [-0.15, -0.1) is 0 Å². The summed E-state index contributed by atoms with van der Waals surface area (Å²) in [6.07, 6.45) is 5.33. The molecule has 2 heteroatoms. The minimum Gasteiger partial charge on any atom is -0.288 e. The Hall–Kier alpha value is -0.240. The molecule has 1 atom stereocenters. The van der Waals surface area contributed by atoms with E-state index in [0.717, 1.165) is 12.2 Å². The second kappa shape index (κ2) is 6.28. The van der Waals surface area contributed by atoms with Gasteiger partial charge in [0.2, 0.25) is 0 Å². The molecule has 0 aromatic rings. The van der Waals surface area contributed by atoms with Gasteiger partial charge in [-0.1, -0.05) is 44.7 Å². The van der Waals surface area contributed by atoms with Gasteiger partial charge >= 0.3 is 0 Å². The molecule has 0 aliphatic rings. The summed E-state index contributed by atoms with van der Waals surface area (Å²) >= 11 is 1.44. The third-order valence-corrected chi connectivity index (χ3v) is 4.03. The highest BCUT2D eigenvalue weighted by atomic mass is 32.2. The highest BCUT2D eigenvalue weighted by Crippen LogP contribution is 2.35. The Kier molecular flexibility index (Phi) is 6.17. The van der Waals surface area contributed by atoms with Crippen molar-refractivity contribution in [2.75, 3.05) is 5.75 Å². The normalized spacial score (nSPS) is 16.1.